The predicted octanol–water partition coefficient (Wildman–Crippen LogP) is 3.21. The van der Waals surface area contributed by atoms with Crippen LogP contribution in [-0.2, 0) is 6.54 Å². The van der Waals surface area contributed by atoms with Crippen molar-refractivity contribution < 1.29 is 9.53 Å². The van der Waals surface area contributed by atoms with Crippen LogP contribution in [0.2, 0.25) is 0 Å². The van der Waals surface area contributed by atoms with Crippen molar-refractivity contribution in [2.75, 3.05) is 32.8 Å². The van der Waals surface area contributed by atoms with Crippen LogP contribution in [0.15, 0.2) is 67.3 Å². The summed E-state index contributed by atoms with van der Waals surface area (Å²) >= 11 is 0. The molecule has 0 aromatic heterocycles. The van der Waals surface area contributed by atoms with E-state index in [1.54, 1.807) is 6.08 Å². The molecular weight excluding hydrogens is 312 g/mol. The first-order chi connectivity index (χ1) is 12.3. The highest BCUT2D eigenvalue weighted by Crippen LogP contribution is 2.15. The Balaban J connectivity index is 1.51. The molecule has 1 saturated heterocycles. The van der Waals surface area contributed by atoms with Gasteiger partial charge in [-0.3, -0.25) is 9.69 Å². The minimum Gasteiger partial charge on any atom is -0.490 e. The van der Waals surface area contributed by atoms with E-state index in [1.165, 1.54) is 5.56 Å². The van der Waals surface area contributed by atoms with E-state index in [-0.39, 0.29) is 5.91 Å². The van der Waals surface area contributed by atoms with E-state index in [0.717, 1.165) is 38.5 Å². The summed E-state index contributed by atoms with van der Waals surface area (Å²) in [5.74, 6) is 0.846. The Hall–Kier alpha value is -2.59. The lowest BCUT2D eigenvalue weighted by Crippen LogP contribution is -2.48. The first kappa shape index (κ1) is 17.2. The molecule has 0 saturated carbocycles. The average molecular weight is 336 g/mol. The second-order valence-corrected chi connectivity index (χ2v) is 6.18. The molecule has 25 heavy (non-hydrogen) atoms. The zero-order chi connectivity index (χ0) is 17.5. The van der Waals surface area contributed by atoms with Crippen LogP contribution in [-0.4, -0.2) is 48.5 Å². The molecule has 0 N–H and O–H groups in total. The number of benzene rings is 2. The number of ether oxygens (including phenoxy) is 1. The van der Waals surface area contributed by atoms with Gasteiger partial charge in [-0.1, -0.05) is 43.0 Å². The van der Waals surface area contributed by atoms with Gasteiger partial charge < -0.3 is 9.64 Å². The van der Waals surface area contributed by atoms with Crippen LogP contribution in [0, 0.1) is 0 Å². The SMILES string of the molecule is C=CCOc1ccc(C(=O)N2CCN(Cc3ccccc3)CC2)cc1. The van der Waals surface area contributed by atoms with Crippen LogP contribution in [0.25, 0.3) is 0 Å². The molecule has 0 atom stereocenters. The van der Waals surface area contributed by atoms with Crippen LogP contribution in [0.4, 0.5) is 0 Å². The molecule has 1 fully saturated rings. The van der Waals surface area contributed by atoms with Gasteiger partial charge in [-0.2, -0.15) is 0 Å². The van der Waals surface area contributed by atoms with Gasteiger partial charge in [-0.15, -0.1) is 0 Å². The Labute approximate surface area is 149 Å². The van der Waals surface area contributed by atoms with Crippen molar-refractivity contribution in [2.45, 2.75) is 6.54 Å². The molecule has 3 rings (SSSR count). The standard InChI is InChI=1S/C21H24N2O2/c1-2-16-25-20-10-8-19(9-11-20)21(24)23-14-12-22(13-15-23)17-18-6-4-3-5-7-18/h2-11H,1,12-17H2. The van der Waals surface area contributed by atoms with Gasteiger partial charge in [-0.05, 0) is 29.8 Å². The van der Waals surface area contributed by atoms with Crippen LogP contribution < -0.4 is 4.74 Å². The molecule has 1 amide bonds. The summed E-state index contributed by atoms with van der Waals surface area (Å²) in [4.78, 5) is 17.0. The summed E-state index contributed by atoms with van der Waals surface area (Å²) in [6, 6.07) is 17.8. The van der Waals surface area contributed by atoms with Gasteiger partial charge in [0.15, 0.2) is 0 Å². The maximum Gasteiger partial charge on any atom is 0.253 e. The van der Waals surface area contributed by atoms with Crippen LogP contribution in [0.3, 0.4) is 0 Å². The first-order valence-electron chi connectivity index (χ1n) is 8.65. The number of amides is 1. The number of rotatable bonds is 6. The number of hydrogen-bond acceptors (Lipinski definition) is 3. The molecule has 1 aliphatic rings. The summed E-state index contributed by atoms with van der Waals surface area (Å²) in [5.41, 5.74) is 2.03. The fraction of sp³-hybridized carbons (Fsp3) is 0.286. The second kappa shape index (κ2) is 8.49. The molecule has 0 unspecified atom stereocenters. The fourth-order valence-electron chi connectivity index (χ4n) is 2.98. The highest BCUT2D eigenvalue weighted by atomic mass is 16.5. The summed E-state index contributed by atoms with van der Waals surface area (Å²) in [7, 11) is 0. The Bertz CT molecular complexity index is 690. The lowest BCUT2D eigenvalue weighted by molar-refractivity contribution is 0.0628. The largest absolute Gasteiger partial charge is 0.490 e. The van der Waals surface area contributed by atoms with Gasteiger partial charge in [0, 0.05) is 38.3 Å². The summed E-state index contributed by atoms with van der Waals surface area (Å²) in [6.07, 6.45) is 1.70. The highest BCUT2D eigenvalue weighted by Gasteiger charge is 2.22. The van der Waals surface area contributed by atoms with E-state index in [9.17, 15) is 4.79 Å². The lowest BCUT2D eigenvalue weighted by atomic mass is 10.1. The first-order valence-corrected chi connectivity index (χ1v) is 8.65. The van der Waals surface area contributed by atoms with E-state index in [4.69, 9.17) is 4.74 Å². The van der Waals surface area contributed by atoms with Gasteiger partial charge in [0.1, 0.15) is 12.4 Å². The number of carbonyl (C=O) groups is 1. The van der Waals surface area contributed by atoms with Gasteiger partial charge in [0.2, 0.25) is 0 Å². The maximum atomic E-state index is 12.6. The average Bonchev–Trinajstić information content (AvgIpc) is 2.68. The van der Waals surface area contributed by atoms with E-state index >= 15 is 0 Å². The van der Waals surface area contributed by atoms with Gasteiger partial charge in [0.25, 0.3) is 5.91 Å². The Kier molecular flexibility index (Phi) is 5.86. The van der Waals surface area contributed by atoms with Crippen molar-refractivity contribution in [1.82, 2.24) is 9.80 Å². The molecule has 4 heteroatoms. The molecule has 4 nitrogen and oxygen atoms in total. The zero-order valence-corrected chi connectivity index (χ0v) is 14.4. The van der Waals surface area contributed by atoms with Crippen molar-refractivity contribution >= 4 is 5.91 Å². The predicted molar refractivity (Wildman–Crippen MR) is 99.8 cm³/mol. The Morgan fingerprint density at radius 3 is 2.32 bits per heavy atom. The topological polar surface area (TPSA) is 32.8 Å². The van der Waals surface area contributed by atoms with E-state index in [0.29, 0.717) is 12.2 Å². The maximum absolute atomic E-state index is 12.6. The van der Waals surface area contributed by atoms with Crippen LogP contribution in [0.1, 0.15) is 15.9 Å². The monoisotopic (exact) mass is 336 g/mol. The molecule has 2 aromatic carbocycles. The van der Waals surface area contributed by atoms with Crippen LogP contribution >= 0.6 is 0 Å². The summed E-state index contributed by atoms with van der Waals surface area (Å²) < 4.78 is 5.46. The lowest BCUT2D eigenvalue weighted by Gasteiger charge is -2.34. The minimum absolute atomic E-state index is 0.0923. The van der Waals surface area contributed by atoms with E-state index in [1.807, 2.05) is 35.2 Å². The van der Waals surface area contributed by atoms with E-state index < -0.39 is 0 Å². The minimum atomic E-state index is 0.0923. The molecule has 2 aromatic rings. The van der Waals surface area contributed by atoms with Crippen molar-refractivity contribution in [1.29, 1.82) is 0 Å². The van der Waals surface area contributed by atoms with Crippen molar-refractivity contribution in [3.05, 3.63) is 78.4 Å². The molecule has 0 spiro atoms. The zero-order valence-electron chi connectivity index (χ0n) is 14.4. The fourth-order valence-corrected chi connectivity index (χ4v) is 2.98. The molecule has 0 radical (unpaired) electrons. The number of carbonyl (C=O) groups excluding carboxylic acids is 1. The third-order valence-corrected chi connectivity index (χ3v) is 4.38. The van der Waals surface area contributed by atoms with Gasteiger partial charge >= 0.3 is 0 Å². The normalized spacial score (nSPS) is 15.0. The van der Waals surface area contributed by atoms with Gasteiger partial charge in [-0.25, -0.2) is 0 Å². The molecule has 0 aliphatic carbocycles. The van der Waals surface area contributed by atoms with Crippen molar-refractivity contribution in [3.63, 3.8) is 0 Å². The molecule has 0 bridgehead atoms. The van der Waals surface area contributed by atoms with E-state index in [2.05, 4.69) is 35.7 Å². The van der Waals surface area contributed by atoms with Crippen LogP contribution in [0.5, 0.6) is 5.75 Å². The molecule has 130 valence electrons. The Morgan fingerprint density at radius 1 is 1.00 bits per heavy atom. The molecule has 1 aliphatic heterocycles. The number of nitrogens with zero attached hydrogens (tertiary/aromatic N) is 2. The highest BCUT2D eigenvalue weighted by molar-refractivity contribution is 5.94. The third-order valence-electron chi connectivity index (χ3n) is 4.38. The molecule has 1 heterocycles. The van der Waals surface area contributed by atoms with Crippen molar-refractivity contribution in [2.24, 2.45) is 0 Å². The smallest absolute Gasteiger partial charge is 0.253 e. The number of hydrogen-bond donors (Lipinski definition) is 0. The van der Waals surface area contributed by atoms with Gasteiger partial charge in [0.05, 0.1) is 0 Å². The number of piperazine rings is 1. The second-order valence-electron chi connectivity index (χ2n) is 6.18. The quantitative estimate of drug-likeness (QED) is 0.760. The Morgan fingerprint density at radius 2 is 1.68 bits per heavy atom. The summed E-state index contributed by atoms with van der Waals surface area (Å²) in [5, 5.41) is 0. The summed E-state index contributed by atoms with van der Waals surface area (Å²) in [6.45, 7) is 8.37. The molecular formula is C21H24N2O2. The van der Waals surface area contributed by atoms with Crippen molar-refractivity contribution in [3.8, 4) is 5.75 Å². The third kappa shape index (κ3) is 4.70.